The van der Waals surface area contributed by atoms with Crippen LogP contribution in [0.1, 0.15) is 63.9 Å². The van der Waals surface area contributed by atoms with Crippen LogP contribution in [0, 0.1) is 23.7 Å². The van der Waals surface area contributed by atoms with Gasteiger partial charge in [-0.1, -0.05) is 50.6 Å². The van der Waals surface area contributed by atoms with Gasteiger partial charge in [0, 0.05) is 12.3 Å². The van der Waals surface area contributed by atoms with Gasteiger partial charge in [-0.2, -0.15) is 0 Å². The third-order valence-corrected chi connectivity index (χ3v) is 6.17. The molecule has 0 bridgehead atoms. The van der Waals surface area contributed by atoms with Gasteiger partial charge in [0.2, 0.25) is 0 Å². The number of hydrogen-bond donors (Lipinski definition) is 0. The average Bonchev–Trinajstić information content (AvgIpc) is 2.51. The Morgan fingerprint density at radius 2 is 1.67 bits per heavy atom. The minimum atomic E-state index is 0.332. The zero-order valence-electron chi connectivity index (χ0n) is 13.4. The van der Waals surface area contributed by atoms with E-state index in [1.54, 1.807) is 0 Å². The molecule has 0 radical (unpaired) electrons. The van der Waals surface area contributed by atoms with Crippen LogP contribution >= 0.6 is 0 Å². The highest BCUT2D eigenvalue weighted by Gasteiger charge is 2.37. The van der Waals surface area contributed by atoms with Crippen molar-refractivity contribution < 1.29 is 4.79 Å². The Hall–Kier alpha value is -1.11. The zero-order chi connectivity index (χ0) is 14.8. The molecule has 0 spiro atoms. The number of hydrogen-bond acceptors (Lipinski definition) is 1. The van der Waals surface area contributed by atoms with Crippen molar-refractivity contribution in [3.63, 3.8) is 0 Å². The molecule has 2 aliphatic carbocycles. The first-order valence-corrected chi connectivity index (χ1v) is 8.72. The Kier molecular flexibility index (Phi) is 4.47. The molecule has 2 saturated carbocycles. The summed E-state index contributed by atoms with van der Waals surface area (Å²) in [6, 6.07) is 10.8. The monoisotopic (exact) mass is 284 g/mol. The van der Waals surface area contributed by atoms with Crippen LogP contribution in [0.4, 0.5) is 0 Å². The van der Waals surface area contributed by atoms with Gasteiger partial charge in [0.15, 0.2) is 0 Å². The molecule has 114 valence electrons. The Labute approximate surface area is 129 Å². The van der Waals surface area contributed by atoms with Crippen LogP contribution in [0.2, 0.25) is 0 Å². The summed E-state index contributed by atoms with van der Waals surface area (Å²) in [6.07, 6.45) is 6.78. The molecule has 1 heteroatoms. The third kappa shape index (κ3) is 3.22. The zero-order valence-corrected chi connectivity index (χ0v) is 13.4. The fourth-order valence-corrected chi connectivity index (χ4v) is 4.50. The third-order valence-electron chi connectivity index (χ3n) is 6.17. The second-order valence-electron chi connectivity index (χ2n) is 7.48. The van der Waals surface area contributed by atoms with Crippen LogP contribution < -0.4 is 0 Å². The Balaban J connectivity index is 1.71. The van der Waals surface area contributed by atoms with Gasteiger partial charge in [0.1, 0.15) is 5.78 Å². The van der Waals surface area contributed by atoms with E-state index in [1.165, 1.54) is 24.8 Å². The summed E-state index contributed by atoms with van der Waals surface area (Å²) in [6.45, 7) is 4.75. The van der Waals surface area contributed by atoms with E-state index in [2.05, 4.69) is 44.2 Å². The molecule has 5 atom stereocenters. The number of ketones is 1. The molecule has 0 aliphatic heterocycles. The fourth-order valence-electron chi connectivity index (χ4n) is 4.50. The topological polar surface area (TPSA) is 17.1 Å². The number of carbonyl (C=O) groups is 1. The van der Waals surface area contributed by atoms with Crippen LogP contribution in [0.5, 0.6) is 0 Å². The maximum atomic E-state index is 12.5. The van der Waals surface area contributed by atoms with E-state index < -0.39 is 0 Å². The van der Waals surface area contributed by atoms with Gasteiger partial charge >= 0.3 is 0 Å². The van der Waals surface area contributed by atoms with E-state index in [9.17, 15) is 4.79 Å². The molecule has 0 saturated heterocycles. The summed E-state index contributed by atoms with van der Waals surface area (Å²) in [4.78, 5) is 12.5. The summed E-state index contributed by atoms with van der Waals surface area (Å²) < 4.78 is 0. The molecule has 0 heterocycles. The van der Waals surface area contributed by atoms with Crippen LogP contribution in [0.15, 0.2) is 30.3 Å². The maximum Gasteiger partial charge on any atom is 0.136 e. The molecule has 2 fully saturated rings. The molecule has 1 aromatic rings. The highest BCUT2D eigenvalue weighted by Crippen LogP contribution is 2.44. The summed E-state index contributed by atoms with van der Waals surface area (Å²) in [5.74, 6) is 3.75. The smallest absolute Gasteiger partial charge is 0.136 e. The van der Waals surface area contributed by atoms with E-state index in [4.69, 9.17) is 0 Å². The lowest BCUT2D eigenvalue weighted by atomic mass is 9.65. The quantitative estimate of drug-likeness (QED) is 0.728. The van der Waals surface area contributed by atoms with Crippen molar-refractivity contribution >= 4 is 5.78 Å². The van der Waals surface area contributed by atoms with Gasteiger partial charge in [0.25, 0.3) is 0 Å². The molecule has 21 heavy (non-hydrogen) atoms. The molecular formula is C20H28O. The normalized spacial score (nSPS) is 37.4. The molecule has 1 nitrogen and oxygen atoms in total. The molecule has 0 aromatic heterocycles. The predicted molar refractivity (Wildman–Crippen MR) is 87.2 cm³/mol. The minimum absolute atomic E-state index is 0.332. The number of carbonyl (C=O) groups excluding carboxylic acids is 1. The van der Waals surface area contributed by atoms with Crippen LogP contribution in [0.25, 0.3) is 0 Å². The van der Waals surface area contributed by atoms with E-state index >= 15 is 0 Å². The number of rotatable bonds is 2. The highest BCUT2D eigenvalue weighted by molar-refractivity contribution is 5.82. The fraction of sp³-hybridized carbons (Fsp3) is 0.650. The van der Waals surface area contributed by atoms with E-state index in [0.717, 1.165) is 31.1 Å². The van der Waals surface area contributed by atoms with Crippen LogP contribution in [-0.4, -0.2) is 5.78 Å². The second-order valence-corrected chi connectivity index (χ2v) is 7.48. The minimum Gasteiger partial charge on any atom is -0.299 e. The van der Waals surface area contributed by atoms with Gasteiger partial charge in [-0.3, -0.25) is 4.79 Å². The number of Topliss-reactive ketones (excluding diaryl/α,β-unsaturated/α-hetero) is 1. The first kappa shape index (κ1) is 14.8. The van der Waals surface area contributed by atoms with Crippen molar-refractivity contribution in [2.45, 2.75) is 58.3 Å². The number of benzene rings is 1. The first-order valence-electron chi connectivity index (χ1n) is 8.72. The SMILES string of the molecule is CC1CCC(C2CC(c3ccccc3)CCC2=O)CC1C. The van der Waals surface area contributed by atoms with Crippen LogP contribution in [-0.2, 0) is 4.79 Å². The summed E-state index contributed by atoms with van der Waals surface area (Å²) in [5, 5.41) is 0. The standard InChI is InChI=1S/C20H28O/c1-14-8-9-18(12-15(14)2)19-13-17(10-11-20(19)21)16-6-4-3-5-7-16/h3-7,14-15,17-19H,8-13H2,1-2H3. The van der Waals surface area contributed by atoms with Crippen molar-refractivity contribution in [1.82, 2.24) is 0 Å². The largest absolute Gasteiger partial charge is 0.299 e. The van der Waals surface area contributed by atoms with Gasteiger partial charge in [-0.25, -0.2) is 0 Å². The van der Waals surface area contributed by atoms with E-state index in [1.807, 2.05) is 0 Å². The summed E-state index contributed by atoms with van der Waals surface area (Å²) in [5.41, 5.74) is 1.44. The van der Waals surface area contributed by atoms with E-state index in [-0.39, 0.29) is 0 Å². The van der Waals surface area contributed by atoms with Crippen molar-refractivity contribution in [2.24, 2.45) is 23.7 Å². The Morgan fingerprint density at radius 1 is 0.905 bits per heavy atom. The lowest BCUT2D eigenvalue weighted by molar-refractivity contribution is -0.127. The molecular weight excluding hydrogens is 256 g/mol. The van der Waals surface area contributed by atoms with Crippen LogP contribution in [0.3, 0.4) is 0 Å². The lowest BCUT2D eigenvalue weighted by Gasteiger charge is -2.39. The predicted octanol–water partition coefficient (Wildman–Crippen LogP) is 5.21. The molecule has 1 aromatic carbocycles. The highest BCUT2D eigenvalue weighted by atomic mass is 16.1. The van der Waals surface area contributed by atoms with Gasteiger partial charge in [0.05, 0.1) is 0 Å². The average molecular weight is 284 g/mol. The molecule has 0 amide bonds. The van der Waals surface area contributed by atoms with Crippen molar-refractivity contribution in [1.29, 1.82) is 0 Å². The Morgan fingerprint density at radius 3 is 2.38 bits per heavy atom. The molecule has 0 N–H and O–H groups in total. The Bertz CT molecular complexity index is 478. The van der Waals surface area contributed by atoms with Crippen molar-refractivity contribution in [3.8, 4) is 0 Å². The van der Waals surface area contributed by atoms with Crippen molar-refractivity contribution in [3.05, 3.63) is 35.9 Å². The van der Waals surface area contributed by atoms with Gasteiger partial charge in [-0.05, 0) is 54.9 Å². The van der Waals surface area contributed by atoms with Gasteiger partial charge < -0.3 is 0 Å². The first-order chi connectivity index (χ1) is 10.1. The van der Waals surface area contributed by atoms with E-state index in [0.29, 0.717) is 23.5 Å². The summed E-state index contributed by atoms with van der Waals surface area (Å²) >= 11 is 0. The molecule has 2 aliphatic rings. The lowest BCUT2D eigenvalue weighted by Crippen LogP contribution is -2.34. The maximum absolute atomic E-state index is 12.5. The molecule has 5 unspecified atom stereocenters. The van der Waals surface area contributed by atoms with Crippen molar-refractivity contribution in [2.75, 3.05) is 0 Å². The summed E-state index contributed by atoms with van der Waals surface area (Å²) in [7, 11) is 0. The second kappa shape index (κ2) is 6.34. The van der Waals surface area contributed by atoms with Gasteiger partial charge in [-0.15, -0.1) is 0 Å². The molecule has 3 rings (SSSR count).